The van der Waals surface area contributed by atoms with Crippen LogP contribution in [0.25, 0.3) is 0 Å². The first-order valence-electron chi connectivity index (χ1n) is 7.47. The van der Waals surface area contributed by atoms with Gasteiger partial charge in [0.1, 0.15) is 0 Å². The number of hydrogen-bond acceptors (Lipinski definition) is 2. The van der Waals surface area contributed by atoms with E-state index in [2.05, 4.69) is 37.9 Å². The third-order valence-corrected chi connectivity index (χ3v) is 5.53. The summed E-state index contributed by atoms with van der Waals surface area (Å²) in [5, 5.41) is 3.86. The lowest BCUT2D eigenvalue weighted by Gasteiger charge is -2.47. The van der Waals surface area contributed by atoms with Crippen molar-refractivity contribution in [2.75, 3.05) is 13.1 Å². The molecule has 3 aliphatic rings. The molecule has 1 heterocycles. The van der Waals surface area contributed by atoms with E-state index in [0.29, 0.717) is 11.0 Å². The minimum atomic E-state index is 0.407. The molecule has 17 heavy (non-hydrogen) atoms. The molecule has 0 spiro atoms. The van der Waals surface area contributed by atoms with E-state index in [9.17, 15) is 0 Å². The van der Waals surface area contributed by atoms with Crippen LogP contribution in [0.3, 0.4) is 0 Å². The molecule has 3 rings (SSSR count). The second kappa shape index (κ2) is 3.71. The molecule has 3 fully saturated rings. The minimum absolute atomic E-state index is 0.407. The Morgan fingerprint density at radius 1 is 1.24 bits per heavy atom. The molecular formula is C15H28N2. The lowest BCUT2D eigenvalue weighted by atomic mass is 9.90. The molecule has 0 bridgehead atoms. The van der Waals surface area contributed by atoms with Crippen molar-refractivity contribution in [3.05, 3.63) is 0 Å². The molecule has 0 radical (unpaired) electrons. The second-order valence-corrected chi connectivity index (χ2v) is 7.52. The first-order chi connectivity index (χ1) is 7.96. The molecule has 0 aromatic carbocycles. The monoisotopic (exact) mass is 236 g/mol. The number of hydrogen-bond donors (Lipinski definition) is 1. The second-order valence-electron chi connectivity index (χ2n) is 7.52. The molecular weight excluding hydrogens is 208 g/mol. The summed E-state index contributed by atoms with van der Waals surface area (Å²) in [6.45, 7) is 12.1. The van der Waals surface area contributed by atoms with Crippen LogP contribution in [0.4, 0.5) is 0 Å². The predicted molar refractivity (Wildman–Crippen MR) is 72.1 cm³/mol. The molecule has 2 aliphatic carbocycles. The Bertz CT molecular complexity index is 306. The summed E-state index contributed by atoms with van der Waals surface area (Å²) in [7, 11) is 0. The van der Waals surface area contributed by atoms with E-state index in [-0.39, 0.29) is 0 Å². The Hall–Kier alpha value is -0.0800. The molecule has 98 valence electrons. The lowest BCUT2D eigenvalue weighted by molar-refractivity contribution is 0.0567. The van der Waals surface area contributed by atoms with Crippen molar-refractivity contribution in [1.82, 2.24) is 10.2 Å². The van der Waals surface area contributed by atoms with E-state index in [4.69, 9.17) is 0 Å². The van der Waals surface area contributed by atoms with Crippen LogP contribution in [0, 0.1) is 11.3 Å². The standard InChI is InChI=1S/C15H28N2/c1-5-12-9-16-15(4,11-6-7-11)10-17(12)13-8-14(13,2)3/h11-13,16H,5-10H2,1-4H3. The van der Waals surface area contributed by atoms with Crippen molar-refractivity contribution >= 4 is 0 Å². The van der Waals surface area contributed by atoms with E-state index in [1.54, 1.807) is 0 Å². The van der Waals surface area contributed by atoms with E-state index < -0.39 is 0 Å². The summed E-state index contributed by atoms with van der Waals surface area (Å²) in [4.78, 5) is 2.84. The number of piperazine rings is 1. The molecule has 2 saturated carbocycles. The maximum atomic E-state index is 3.86. The molecule has 3 unspecified atom stereocenters. The van der Waals surface area contributed by atoms with Gasteiger partial charge < -0.3 is 5.32 Å². The first kappa shape index (κ1) is 12.0. The average Bonchev–Trinajstić information content (AvgIpc) is 3.14. The Morgan fingerprint density at radius 3 is 2.35 bits per heavy atom. The Balaban J connectivity index is 1.73. The van der Waals surface area contributed by atoms with Gasteiger partial charge in [0.05, 0.1) is 0 Å². The highest BCUT2D eigenvalue weighted by Gasteiger charge is 2.55. The zero-order valence-corrected chi connectivity index (χ0v) is 11.9. The van der Waals surface area contributed by atoms with Gasteiger partial charge in [-0.25, -0.2) is 0 Å². The Morgan fingerprint density at radius 2 is 1.88 bits per heavy atom. The summed E-state index contributed by atoms with van der Waals surface area (Å²) >= 11 is 0. The van der Waals surface area contributed by atoms with Crippen molar-refractivity contribution in [2.45, 2.75) is 71.0 Å². The van der Waals surface area contributed by atoms with Gasteiger partial charge in [-0.15, -0.1) is 0 Å². The zero-order valence-electron chi connectivity index (χ0n) is 11.9. The average molecular weight is 236 g/mol. The molecule has 0 aromatic rings. The SMILES string of the molecule is CCC1CNC(C)(C2CC2)CN1C1CC1(C)C. The van der Waals surface area contributed by atoms with Crippen LogP contribution in [0.5, 0.6) is 0 Å². The molecule has 2 nitrogen and oxygen atoms in total. The van der Waals surface area contributed by atoms with Crippen molar-refractivity contribution in [3.8, 4) is 0 Å². The highest BCUT2D eigenvalue weighted by atomic mass is 15.3. The fraction of sp³-hybridized carbons (Fsp3) is 1.00. The smallest absolute Gasteiger partial charge is 0.0309 e. The summed E-state index contributed by atoms with van der Waals surface area (Å²) < 4.78 is 0. The normalized spacial score (nSPS) is 45.9. The van der Waals surface area contributed by atoms with Crippen molar-refractivity contribution in [1.29, 1.82) is 0 Å². The van der Waals surface area contributed by atoms with Gasteiger partial charge in [0.25, 0.3) is 0 Å². The summed E-state index contributed by atoms with van der Waals surface area (Å²) in [6.07, 6.45) is 5.59. The van der Waals surface area contributed by atoms with Crippen LogP contribution in [-0.4, -0.2) is 35.6 Å². The van der Waals surface area contributed by atoms with Crippen LogP contribution >= 0.6 is 0 Å². The van der Waals surface area contributed by atoms with Crippen LogP contribution in [0.2, 0.25) is 0 Å². The quantitative estimate of drug-likeness (QED) is 0.810. The third-order valence-electron chi connectivity index (χ3n) is 5.53. The van der Waals surface area contributed by atoms with Crippen molar-refractivity contribution in [3.63, 3.8) is 0 Å². The van der Waals surface area contributed by atoms with Gasteiger partial charge in [-0.3, -0.25) is 4.90 Å². The van der Waals surface area contributed by atoms with E-state index in [1.165, 1.54) is 38.8 Å². The van der Waals surface area contributed by atoms with E-state index in [0.717, 1.165) is 18.0 Å². The van der Waals surface area contributed by atoms with Gasteiger partial charge in [0.15, 0.2) is 0 Å². The molecule has 1 saturated heterocycles. The Labute approximate surface area is 106 Å². The minimum Gasteiger partial charge on any atom is -0.308 e. The molecule has 3 atom stereocenters. The van der Waals surface area contributed by atoms with Gasteiger partial charge in [0.2, 0.25) is 0 Å². The summed E-state index contributed by atoms with van der Waals surface area (Å²) in [6, 6.07) is 1.63. The largest absolute Gasteiger partial charge is 0.308 e. The van der Waals surface area contributed by atoms with Crippen LogP contribution < -0.4 is 5.32 Å². The van der Waals surface area contributed by atoms with Crippen LogP contribution in [-0.2, 0) is 0 Å². The molecule has 0 amide bonds. The fourth-order valence-corrected chi connectivity index (χ4v) is 3.78. The molecule has 0 aromatic heterocycles. The maximum absolute atomic E-state index is 3.86. The highest BCUT2D eigenvalue weighted by molar-refractivity contribution is 5.11. The fourth-order valence-electron chi connectivity index (χ4n) is 3.78. The van der Waals surface area contributed by atoms with Gasteiger partial charge in [0, 0.05) is 30.7 Å². The first-order valence-corrected chi connectivity index (χ1v) is 7.47. The van der Waals surface area contributed by atoms with Crippen molar-refractivity contribution in [2.24, 2.45) is 11.3 Å². The molecule has 1 N–H and O–H groups in total. The number of rotatable bonds is 3. The molecule has 2 heteroatoms. The van der Waals surface area contributed by atoms with Gasteiger partial charge in [-0.1, -0.05) is 20.8 Å². The maximum Gasteiger partial charge on any atom is 0.0309 e. The lowest BCUT2D eigenvalue weighted by Crippen LogP contribution is -2.64. The topological polar surface area (TPSA) is 15.3 Å². The Kier molecular flexibility index (Phi) is 2.61. The number of nitrogens with zero attached hydrogens (tertiary/aromatic N) is 1. The van der Waals surface area contributed by atoms with Crippen molar-refractivity contribution < 1.29 is 0 Å². The van der Waals surface area contributed by atoms with Crippen LogP contribution in [0.15, 0.2) is 0 Å². The van der Waals surface area contributed by atoms with Gasteiger partial charge >= 0.3 is 0 Å². The summed E-state index contributed by atoms with van der Waals surface area (Å²) in [5.41, 5.74) is 0.986. The third kappa shape index (κ3) is 2.04. The van der Waals surface area contributed by atoms with Gasteiger partial charge in [-0.2, -0.15) is 0 Å². The van der Waals surface area contributed by atoms with E-state index >= 15 is 0 Å². The highest BCUT2D eigenvalue weighted by Crippen LogP contribution is 2.51. The van der Waals surface area contributed by atoms with Crippen LogP contribution in [0.1, 0.15) is 53.4 Å². The predicted octanol–water partition coefficient (Wildman–Crippen LogP) is 2.64. The van der Waals surface area contributed by atoms with E-state index in [1.807, 2.05) is 0 Å². The number of nitrogens with one attached hydrogen (secondary N) is 1. The summed E-state index contributed by atoms with van der Waals surface area (Å²) in [5.74, 6) is 0.949. The zero-order chi connectivity index (χ0) is 12.3. The van der Waals surface area contributed by atoms with Gasteiger partial charge in [-0.05, 0) is 43.9 Å². The molecule has 1 aliphatic heterocycles.